The lowest BCUT2D eigenvalue weighted by Crippen LogP contribution is -2.23. The number of nitrogens with zero attached hydrogens (tertiary/aromatic N) is 4. The highest BCUT2D eigenvalue weighted by Gasteiger charge is 2.13. The number of carbonyl (C=O) groups is 1. The van der Waals surface area contributed by atoms with Gasteiger partial charge in [0.05, 0.1) is 23.8 Å². The van der Waals surface area contributed by atoms with Crippen molar-refractivity contribution in [3.05, 3.63) is 65.7 Å². The molecule has 8 heteroatoms. The van der Waals surface area contributed by atoms with E-state index in [1.807, 2.05) is 32.0 Å². The predicted molar refractivity (Wildman–Crippen MR) is 105 cm³/mol. The van der Waals surface area contributed by atoms with Crippen molar-refractivity contribution in [2.45, 2.75) is 45.7 Å². The van der Waals surface area contributed by atoms with E-state index in [-0.39, 0.29) is 24.4 Å². The van der Waals surface area contributed by atoms with Gasteiger partial charge in [-0.1, -0.05) is 32.0 Å². The normalized spacial score (nSPS) is 12.0. The molecule has 0 bridgehead atoms. The second-order valence-corrected chi connectivity index (χ2v) is 6.68. The smallest absolute Gasteiger partial charge is 0.253 e. The van der Waals surface area contributed by atoms with Crippen LogP contribution in [0, 0.1) is 0 Å². The van der Waals surface area contributed by atoms with Crippen molar-refractivity contribution in [1.82, 2.24) is 25.4 Å². The van der Waals surface area contributed by atoms with Gasteiger partial charge in [-0.2, -0.15) is 4.98 Å². The maximum atomic E-state index is 12.3. The molecule has 1 amide bonds. The van der Waals surface area contributed by atoms with Crippen LogP contribution in [0.2, 0.25) is 0 Å². The summed E-state index contributed by atoms with van der Waals surface area (Å²) in [5.41, 5.74) is 1.42. The van der Waals surface area contributed by atoms with Gasteiger partial charge in [0.1, 0.15) is 5.82 Å². The highest BCUT2D eigenvalue weighted by atomic mass is 16.5. The zero-order valence-corrected chi connectivity index (χ0v) is 16.2. The molecule has 0 spiro atoms. The zero-order chi connectivity index (χ0) is 19.9. The van der Waals surface area contributed by atoms with E-state index in [4.69, 9.17) is 4.52 Å². The first kappa shape index (κ1) is 19.5. The van der Waals surface area contributed by atoms with E-state index in [2.05, 4.69) is 37.7 Å². The Morgan fingerprint density at radius 3 is 2.64 bits per heavy atom. The summed E-state index contributed by atoms with van der Waals surface area (Å²) in [5.74, 6) is 1.60. The molecule has 0 aromatic carbocycles. The molecule has 0 fully saturated rings. The minimum Gasteiger partial charge on any atom is -0.362 e. The fourth-order valence-corrected chi connectivity index (χ4v) is 2.59. The Morgan fingerprint density at radius 2 is 2.04 bits per heavy atom. The predicted octanol–water partition coefficient (Wildman–Crippen LogP) is 3.48. The van der Waals surface area contributed by atoms with Gasteiger partial charge in [-0.05, 0) is 30.7 Å². The maximum Gasteiger partial charge on any atom is 0.253 e. The number of carbonyl (C=O) groups excluding carboxylic acids is 1. The highest BCUT2D eigenvalue weighted by Crippen LogP contribution is 2.19. The third kappa shape index (κ3) is 4.91. The number of rotatable bonds is 8. The van der Waals surface area contributed by atoms with Crippen molar-refractivity contribution in [2.75, 3.05) is 5.32 Å². The summed E-state index contributed by atoms with van der Waals surface area (Å²) in [4.78, 5) is 25.3. The largest absolute Gasteiger partial charge is 0.362 e. The molecule has 3 aromatic heterocycles. The van der Waals surface area contributed by atoms with Crippen molar-refractivity contribution < 1.29 is 9.32 Å². The molecular weight excluding hydrogens is 356 g/mol. The second-order valence-electron chi connectivity index (χ2n) is 6.68. The first-order chi connectivity index (χ1) is 13.6. The summed E-state index contributed by atoms with van der Waals surface area (Å²) in [6.45, 7) is 6.21. The second kappa shape index (κ2) is 9.07. The third-order valence-corrected chi connectivity index (χ3v) is 4.19. The summed E-state index contributed by atoms with van der Waals surface area (Å²) in [6, 6.07) is 9.39. The van der Waals surface area contributed by atoms with Crippen molar-refractivity contribution in [3.8, 4) is 0 Å². The van der Waals surface area contributed by atoms with Crippen LogP contribution in [-0.2, 0) is 6.54 Å². The van der Waals surface area contributed by atoms with Crippen molar-refractivity contribution in [3.63, 3.8) is 0 Å². The summed E-state index contributed by atoms with van der Waals surface area (Å²) in [5, 5.41) is 9.97. The van der Waals surface area contributed by atoms with Crippen LogP contribution in [0.5, 0.6) is 0 Å². The number of hydrogen-bond donors (Lipinski definition) is 2. The van der Waals surface area contributed by atoms with E-state index in [1.165, 1.54) is 0 Å². The Morgan fingerprint density at radius 1 is 1.18 bits per heavy atom. The van der Waals surface area contributed by atoms with E-state index >= 15 is 0 Å². The lowest BCUT2D eigenvalue weighted by molar-refractivity contribution is 0.0949. The molecule has 146 valence electrons. The Labute approximate surface area is 163 Å². The number of nitrogens with one attached hydrogen (secondary N) is 2. The molecule has 0 radical (unpaired) electrons. The molecule has 0 saturated heterocycles. The van der Waals surface area contributed by atoms with Gasteiger partial charge in [0.15, 0.2) is 5.82 Å². The SMILES string of the molecule is CC[C@H](Nc1ccc(C(=O)NCc2noc(C(C)C)n2)cn1)c1ccccn1. The lowest BCUT2D eigenvalue weighted by Gasteiger charge is -2.17. The van der Waals surface area contributed by atoms with Gasteiger partial charge in [0.25, 0.3) is 5.91 Å². The summed E-state index contributed by atoms with van der Waals surface area (Å²) < 4.78 is 5.13. The van der Waals surface area contributed by atoms with Crippen molar-refractivity contribution >= 4 is 11.7 Å². The van der Waals surface area contributed by atoms with E-state index in [0.29, 0.717) is 23.1 Å². The van der Waals surface area contributed by atoms with Crippen LogP contribution in [0.3, 0.4) is 0 Å². The van der Waals surface area contributed by atoms with Crippen molar-refractivity contribution in [1.29, 1.82) is 0 Å². The maximum absolute atomic E-state index is 12.3. The molecule has 0 aliphatic heterocycles. The summed E-state index contributed by atoms with van der Waals surface area (Å²) in [6.07, 6.45) is 4.18. The molecule has 8 nitrogen and oxygen atoms in total. The number of anilines is 1. The van der Waals surface area contributed by atoms with Crippen LogP contribution in [0.4, 0.5) is 5.82 Å². The van der Waals surface area contributed by atoms with Gasteiger partial charge >= 0.3 is 0 Å². The minimum absolute atomic E-state index is 0.0572. The van der Waals surface area contributed by atoms with Crippen LogP contribution in [0.1, 0.15) is 66.9 Å². The summed E-state index contributed by atoms with van der Waals surface area (Å²) >= 11 is 0. The third-order valence-electron chi connectivity index (χ3n) is 4.19. The average molecular weight is 380 g/mol. The fourth-order valence-electron chi connectivity index (χ4n) is 2.59. The molecule has 0 aliphatic rings. The molecule has 0 aliphatic carbocycles. The van der Waals surface area contributed by atoms with Crippen LogP contribution in [-0.4, -0.2) is 26.0 Å². The average Bonchev–Trinajstić information content (AvgIpc) is 3.21. The monoisotopic (exact) mass is 380 g/mol. The van der Waals surface area contributed by atoms with Gasteiger partial charge in [0, 0.05) is 18.3 Å². The van der Waals surface area contributed by atoms with E-state index in [0.717, 1.165) is 12.1 Å². The number of hydrogen-bond acceptors (Lipinski definition) is 7. The van der Waals surface area contributed by atoms with Gasteiger partial charge in [-0.25, -0.2) is 4.98 Å². The summed E-state index contributed by atoms with van der Waals surface area (Å²) in [7, 11) is 0. The molecule has 3 aromatic rings. The van der Waals surface area contributed by atoms with Crippen LogP contribution in [0.15, 0.2) is 47.2 Å². The van der Waals surface area contributed by atoms with E-state index in [9.17, 15) is 4.79 Å². The number of amides is 1. The molecule has 0 unspecified atom stereocenters. The van der Waals surface area contributed by atoms with Crippen LogP contribution >= 0.6 is 0 Å². The highest BCUT2D eigenvalue weighted by molar-refractivity contribution is 5.93. The number of aromatic nitrogens is 4. The van der Waals surface area contributed by atoms with E-state index < -0.39 is 0 Å². The van der Waals surface area contributed by atoms with Crippen LogP contribution in [0.25, 0.3) is 0 Å². The lowest BCUT2D eigenvalue weighted by atomic mass is 10.1. The molecule has 2 N–H and O–H groups in total. The topological polar surface area (TPSA) is 106 Å². The molecule has 3 heterocycles. The molecular formula is C20H24N6O2. The van der Waals surface area contributed by atoms with Gasteiger partial charge in [0.2, 0.25) is 5.89 Å². The Hall–Kier alpha value is -3.29. The first-order valence-corrected chi connectivity index (χ1v) is 9.31. The Balaban J connectivity index is 1.57. The molecule has 0 saturated carbocycles. The zero-order valence-electron chi connectivity index (χ0n) is 16.2. The Kier molecular flexibility index (Phi) is 6.31. The fraction of sp³-hybridized carbons (Fsp3) is 0.350. The molecule has 1 atom stereocenters. The van der Waals surface area contributed by atoms with Crippen molar-refractivity contribution in [2.24, 2.45) is 0 Å². The van der Waals surface area contributed by atoms with Crippen LogP contribution < -0.4 is 10.6 Å². The van der Waals surface area contributed by atoms with Gasteiger partial charge in [-0.15, -0.1) is 0 Å². The quantitative estimate of drug-likeness (QED) is 0.616. The van der Waals surface area contributed by atoms with Gasteiger partial charge < -0.3 is 15.2 Å². The standard InChI is InChI=1S/C20H24N6O2/c1-4-15(16-7-5-6-10-21-16)24-17-9-8-14(11-22-17)19(27)23-12-18-25-20(13(2)3)28-26-18/h5-11,13,15H,4,12H2,1-3H3,(H,22,24)(H,23,27)/t15-/m0/s1. The van der Waals surface area contributed by atoms with E-state index in [1.54, 1.807) is 24.5 Å². The molecule has 3 rings (SSSR count). The molecule has 28 heavy (non-hydrogen) atoms. The Bertz CT molecular complexity index is 893. The first-order valence-electron chi connectivity index (χ1n) is 9.31. The van der Waals surface area contributed by atoms with Gasteiger partial charge in [-0.3, -0.25) is 9.78 Å². The minimum atomic E-state index is -0.244. The number of pyridine rings is 2.